The Kier molecular flexibility index (Phi) is 8.26. The van der Waals surface area contributed by atoms with Crippen LogP contribution in [0.25, 0.3) is 0 Å². The van der Waals surface area contributed by atoms with Crippen molar-refractivity contribution in [2.24, 2.45) is 11.8 Å². The molecule has 7 nitrogen and oxygen atoms in total. The van der Waals surface area contributed by atoms with E-state index in [9.17, 15) is 18.8 Å². The number of amides is 2. The number of nitrogens with zero attached hydrogens (tertiary/aromatic N) is 1. The monoisotopic (exact) mass is 403 g/mol. The molecule has 0 aliphatic heterocycles. The van der Waals surface area contributed by atoms with Crippen LogP contribution in [-0.2, 0) is 19.0 Å². The fraction of sp³-hybridized carbons (Fsp3) is 0.850. The second-order valence-electron chi connectivity index (χ2n) is 9.28. The maximum absolute atomic E-state index is 14.1. The average Bonchev–Trinajstić information content (AvgIpc) is 2.55. The minimum Gasteiger partial charge on any atom is -0.467 e. The van der Waals surface area contributed by atoms with Gasteiger partial charge >= 0.3 is 18.2 Å². The van der Waals surface area contributed by atoms with Crippen LogP contribution in [-0.4, -0.2) is 54.1 Å². The number of carbonyl (C=O) groups is 3. The van der Waals surface area contributed by atoms with E-state index < -0.39 is 41.4 Å². The van der Waals surface area contributed by atoms with Gasteiger partial charge in [0.15, 0.2) is 6.17 Å². The van der Waals surface area contributed by atoms with Crippen molar-refractivity contribution >= 4 is 18.2 Å². The molecule has 0 spiro atoms. The summed E-state index contributed by atoms with van der Waals surface area (Å²) in [6.45, 7) is 10.4. The number of imide groups is 1. The van der Waals surface area contributed by atoms with Crippen molar-refractivity contribution in [2.45, 2.75) is 84.6 Å². The molecule has 1 aliphatic carbocycles. The summed E-state index contributed by atoms with van der Waals surface area (Å²) in [6.07, 6.45) is -1.02. The highest BCUT2D eigenvalue weighted by molar-refractivity contribution is 5.88. The van der Waals surface area contributed by atoms with Gasteiger partial charge in [0.05, 0.1) is 7.11 Å². The Morgan fingerprint density at radius 3 is 1.71 bits per heavy atom. The van der Waals surface area contributed by atoms with Crippen molar-refractivity contribution in [3.63, 3.8) is 0 Å². The first-order chi connectivity index (χ1) is 12.7. The molecule has 162 valence electrons. The summed E-state index contributed by atoms with van der Waals surface area (Å²) in [5.74, 6) is -1.27. The van der Waals surface area contributed by atoms with Crippen molar-refractivity contribution < 1.29 is 33.0 Å². The van der Waals surface area contributed by atoms with Gasteiger partial charge in [-0.2, -0.15) is 0 Å². The molecule has 0 N–H and O–H groups in total. The third-order valence-electron chi connectivity index (χ3n) is 4.40. The van der Waals surface area contributed by atoms with Crippen molar-refractivity contribution in [1.29, 1.82) is 0 Å². The zero-order chi connectivity index (χ0) is 21.7. The Hall–Kier alpha value is -1.86. The van der Waals surface area contributed by atoms with Gasteiger partial charge in [0.1, 0.15) is 11.2 Å². The number of carbonyl (C=O) groups excluding carboxylic acids is 3. The molecule has 1 atom stereocenters. The number of methoxy groups -OCH3 is 1. The Bertz CT molecular complexity index is 530. The molecule has 0 radical (unpaired) electrons. The number of alkyl halides is 1. The van der Waals surface area contributed by atoms with Crippen LogP contribution in [0.2, 0.25) is 0 Å². The van der Waals surface area contributed by atoms with Gasteiger partial charge in [-0.1, -0.05) is 0 Å². The number of esters is 1. The molecule has 28 heavy (non-hydrogen) atoms. The minimum absolute atomic E-state index is 0.0128. The lowest BCUT2D eigenvalue weighted by atomic mass is 9.79. The maximum atomic E-state index is 14.1. The molecule has 1 saturated carbocycles. The van der Waals surface area contributed by atoms with Crippen LogP contribution in [0.1, 0.15) is 67.2 Å². The highest BCUT2D eigenvalue weighted by Gasteiger charge is 2.37. The zero-order valence-electron chi connectivity index (χ0n) is 18.0. The van der Waals surface area contributed by atoms with Crippen molar-refractivity contribution in [3.05, 3.63) is 0 Å². The standard InChI is InChI=1S/C20H34FNO6/c1-19(2,3)27-17(24)22(18(25)28-20(4,5)6)12-13-8-10-14(11-9-13)15(21)16(23)26-7/h13-15H,8-12H2,1-7H3. The second kappa shape index (κ2) is 9.56. The fourth-order valence-electron chi connectivity index (χ4n) is 3.08. The van der Waals surface area contributed by atoms with Gasteiger partial charge in [0, 0.05) is 12.5 Å². The van der Waals surface area contributed by atoms with Crippen molar-refractivity contribution in [1.82, 2.24) is 4.90 Å². The molecule has 0 aromatic carbocycles. The maximum Gasteiger partial charge on any atom is 0.419 e. The first-order valence-electron chi connectivity index (χ1n) is 9.69. The normalized spacial score (nSPS) is 21.4. The van der Waals surface area contributed by atoms with E-state index in [4.69, 9.17) is 9.47 Å². The first kappa shape index (κ1) is 24.2. The molecule has 1 aliphatic rings. The van der Waals surface area contributed by atoms with Gasteiger partial charge in [0.2, 0.25) is 0 Å². The molecule has 1 unspecified atom stereocenters. The Balaban J connectivity index is 2.78. The number of rotatable bonds is 4. The smallest absolute Gasteiger partial charge is 0.419 e. The summed E-state index contributed by atoms with van der Waals surface area (Å²) in [4.78, 5) is 37.5. The Labute approximate surface area is 166 Å². The highest BCUT2D eigenvalue weighted by atomic mass is 19.1. The summed E-state index contributed by atoms with van der Waals surface area (Å²) in [6, 6.07) is 0. The van der Waals surface area contributed by atoms with Crippen LogP contribution in [0, 0.1) is 11.8 Å². The van der Waals surface area contributed by atoms with Gasteiger partial charge in [-0.25, -0.2) is 23.7 Å². The SMILES string of the molecule is COC(=O)C(F)C1CCC(CN(C(=O)OC(C)(C)C)C(=O)OC(C)(C)C)CC1. The fourth-order valence-corrected chi connectivity index (χ4v) is 3.08. The minimum atomic E-state index is -1.64. The largest absolute Gasteiger partial charge is 0.467 e. The van der Waals surface area contributed by atoms with Gasteiger partial charge < -0.3 is 14.2 Å². The van der Waals surface area contributed by atoms with E-state index in [-0.39, 0.29) is 12.5 Å². The van der Waals surface area contributed by atoms with Crippen LogP contribution >= 0.6 is 0 Å². The molecule has 2 amide bonds. The van der Waals surface area contributed by atoms with E-state index in [1.54, 1.807) is 41.5 Å². The molecule has 1 rings (SSSR count). The van der Waals surface area contributed by atoms with Crippen LogP contribution in [0.5, 0.6) is 0 Å². The lowest BCUT2D eigenvalue weighted by Crippen LogP contribution is -2.46. The lowest BCUT2D eigenvalue weighted by molar-refractivity contribution is -0.149. The van der Waals surface area contributed by atoms with Crippen LogP contribution in [0.3, 0.4) is 0 Å². The van der Waals surface area contributed by atoms with Gasteiger partial charge in [0.25, 0.3) is 0 Å². The van der Waals surface area contributed by atoms with Crippen LogP contribution < -0.4 is 0 Å². The topological polar surface area (TPSA) is 82.1 Å². The quantitative estimate of drug-likeness (QED) is 0.509. The summed E-state index contributed by atoms with van der Waals surface area (Å²) in [5.41, 5.74) is -1.51. The lowest BCUT2D eigenvalue weighted by Gasteiger charge is -2.34. The molecule has 1 fully saturated rings. The molecule has 0 bridgehead atoms. The molecular weight excluding hydrogens is 369 g/mol. The number of halogens is 1. The first-order valence-corrected chi connectivity index (χ1v) is 9.69. The van der Waals surface area contributed by atoms with E-state index >= 15 is 0 Å². The molecule has 0 saturated heterocycles. The van der Waals surface area contributed by atoms with Crippen molar-refractivity contribution in [3.8, 4) is 0 Å². The van der Waals surface area contributed by atoms with Gasteiger partial charge in [-0.3, -0.25) is 0 Å². The van der Waals surface area contributed by atoms with E-state index in [1.165, 1.54) is 7.11 Å². The molecule has 8 heteroatoms. The third-order valence-corrected chi connectivity index (χ3v) is 4.40. The molecule has 0 aromatic heterocycles. The van der Waals surface area contributed by atoms with E-state index in [2.05, 4.69) is 4.74 Å². The van der Waals surface area contributed by atoms with E-state index in [0.29, 0.717) is 25.7 Å². The van der Waals surface area contributed by atoms with Crippen molar-refractivity contribution in [2.75, 3.05) is 13.7 Å². The Morgan fingerprint density at radius 2 is 1.36 bits per heavy atom. The highest BCUT2D eigenvalue weighted by Crippen LogP contribution is 2.33. The molecule has 0 aromatic rings. The summed E-state index contributed by atoms with van der Waals surface area (Å²) < 4.78 is 29.2. The number of hydrogen-bond donors (Lipinski definition) is 0. The average molecular weight is 403 g/mol. The van der Waals surface area contributed by atoms with E-state index in [1.807, 2.05) is 0 Å². The van der Waals surface area contributed by atoms with Crippen LogP contribution in [0.4, 0.5) is 14.0 Å². The van der Waals surface area contributed by atoms with Gasteiger partial charge in [-0.05, 0) is 73.1 Å². The third kappa shape index (κ3) is 8.02. The molecule has 0 heterocycles. The number of ether oxygens (including phenoxy) is 3. The summed E-state index contributed by atoms with van der Waals surface area (Å²) >= 11 is 0. The summed E-state index contributed by atoms with van der Waals surface area (Å²) in [5, 5.41) is 0. The number of hydrogen-bond acceptors (Lipinski definition) is 6. The zero-order valence-corrected chi connectivity index (χ0v) is 18.0. The predicted molar refractivity (Wildman–Crippen MR) is 102 cm³/mol. The van der Waals surface area contributed by atoms with Crippen LogP contribution in [0.15, 0.2) is 0 Å². The summed E-state index contributed by atoms with van der Waals surface area (Å²) in [7, 11) is 1.17. The predicted octanol–water partition coefficient (Wildman–Crippen LogP) is 4.48. The second-order valence-corrected chi connectivity index (χ2v) is 9.28. The van der Waals surface area contributed by atoms with Gasteiger partial charge in [-0.15, -0.1) is 0 Å². The van der Waals surface area contributed by atoms with E-state index in [0.717, 1.165) is 4.90 Å². The Morgan fingerprint density at radius 1 is 0.929 bits per heavy atom. The molecular formula is C20H34FNO6.